The van der Waals surface area contributed by atoms with E-state index in [0.717, 1.165) is 19.0 Å². The number of guanidine groups is 1. The van der Waals surface area contributed by atoms with E-state index in [1.807, 2.05) is 0 Å². The van der Waals surface area contributed by atoms with Crippen LogP contribution in [0.2, 0.25) is 0 Å². The van der Waals surface area contributed by atoms with Gasteiger partial charge < -0.3 is 15.5 Å². The lowest BCUT2D eigenvalue weighted by atomic mass is 10.2. The summed E-state index contributed by atoms with van der Waals surface area (Å²) in [6.07, 6.45) is 5.20. The van der Waals surface area contributed by atoms with Crippen molar-refractivity contribution in [1.82, 2.24) is 10.6 Å². The van der Waals surface area contributed by atoms with Crippen LogP contribution in [0.1, 0.15) is 38.2 Å². The third-order valence-corrected chi connectivity index (χ3v) is 3.91. The molecule has 4 nitrogen and oxygen atoms in total. The molecule has 1 aliphatic rings. The molecule has 0 saturated heterocycles. The first kappa shape index (κ1) is 15.7. The van der Waals surface area contributed by atoms with Gasteiger partial charge in [0.15, 0.2) is 5.96 Å². The van der Waals surface area contributed by atoms with Crippen molar-refractivity contribution in [3.63, 3.8) is 0 Å². The zero-order valence-electron chi connectivity index (χ0n) is 13.5. The fourth-order valence-electron chi connectivity index (χ4n) is 2.65. The fraction of sp³-hybridized carbons (Fsp3) is 0.588. The number of benzene rings is 1. The van der Waals surface area contributed by atoms with Crippen LogP contribution in [0.25, 0.3) is 0 Å². The lowest BCUT2D eigenvalue weighted by molar-refractivity contribution is 0.614. The fourth-order valence-corrected chi connectivity index (χ4v) is 2.65. The van der Waals surface area contributed by atoms with Gasteiger partial charge in [-0.15, -0.1) is 0 Å². The predicted octanol–water partition coefficient (Wildman–Crippen LogP) is 2.75. The van der Waals surface area contributed by atoms with E-state index in [-0.39, 0.29) is 0 Å². The van der Waals surface area contributed by atoms with Gasteiger partial charge in [-0.2, -0.15) is 0 Å². The van der Waals surface area contributed by atoms with E-state index in [1.165, 1.54) is 36.9 Å². The molecule has 116 valence electrons. The molecule has 1 fully saturated rings. The van der Waals surface area contributed by atoms with Crippen LogP contribution in [0.5, 0.6) is 0 Å². The Morgan fingerprint density at radius 2 is 1.86 bits per heavy atom. The molecule has 2 rings (SSSR count). The predicted molar refractivity (Wildman–Crippen MR) is 91.0 cm³/mol. The molecule has 0 unspecified atom stereocenters. The normalized spacial score (nSPS) is 16.0. The van der Waals surface area contributed by atoms with Crippen molar-refractivity contribution in [2.75, 3.05) is 25.5 Å². The second-order valence-electron chi connectivity index (χ2n) is 5.88. The molecule has 0 amide bonds. The molecule has 21 heavy (non-hydrogen) atoms. The number of rotatable bonds is 5. The van der Waals surface area contributed by atoms with Crippen molar-refractivity contribution < 1.29 is 0 Å². The molecule has 1 aromatic rings. The van der Waals surface area contributed by atoms with Crippen LogP contribution < -0.4 is 15.5 Å². The summed E-state index contributed by atoms with van der Waals surface area (Å²) >= 11 is 0. The molecule has 1 aliphatic carbocycles. The van der Waals surface area contributed by atoms with Gasteiger partial charge in [0, 0.05) is 32.4 Å². The van der Waals surface area contributed by atoms with E-state index in [9.17, 15) is 0 Å². The Balaban J connectivity index is 1.94. The van der Waals surface area contributed by atoms with Crippen LogP contribution in [0.4, 0.5) is 5.69 Å². The highest BCUT2D eigenvalue weighted by molar-refractivity contribution is 5.80. The second-order valence-corrected chi connectivity index (χ2v) is 5.88. The quantitative estimate of drug-likeness (QED) is 0.646. The molecule has 2 N–H and O–H groups in total. The molecule has 1 aromatic carbocycles. The lowest BCUT2D eigenvalue weighted by Crippen LogP contribution is -2.42. The van der Waals surface area contributed by atoms with Gasteiger partial charge in [0.25, 0.3) is 0 Å². The van der Waals surface area contributed by atoms with Crippen molar-refractivity contribution in [3.05, 3.63) is 29.8 Å². The zero-order chi connectivity index (χ0) is 15.1. The van der Waals surface area contributed by atoms with Crippen molar-refractivity contribution in [2.24, 2.45) is 4.99 Å². The van der Waals surface area contributed by atoms with Gasteiger partial charge in [0.05, 0.1) is 6.54 Å². The minimum Gasteiger partial charge on any atom is -0.378 e. The van der Waals surface area contributed by atoms with Crippen molar-refractivity contribution in [2.45, 2.75) is 45.2 Å². The Morgan fingerprint density at radius 1 is 1.19 bits per heavy atom. The Kier molecular flexibility index (Phi) is 5.90. The van der Waals surface area contributed by atoms with Crippen LogP contribution in [0, 0.1) is 0 Å². The molecular weight excluding hydrogens is 260 g/mol. The van der Waals surface area contributed by atoms with Gasteiger partial charge in [-0.1, -0.05) is 25.0 Å². The molecule has 0 spiro atoms. The van der Waals surface area contributed by atoms with Gasteiger partial charge in [-0.05, 0) is 37.5 Å². The largest absolute Gasteiger partial charge is 0.378 e. The molecule has 0 radical (unpaired) electrons. The standard InChI is InChI=1S/C17H28N4/c1-4-18-17(20-15-7-5-6-8-15)19-13-14-9-11-16(12-10-14)21(2)3/h9-12,15H,4-8,13H2,1-3H3,(H2,18,19,20). The maximum Gasteiger partial charge on any atom is 0.191 e. The minimum atomic E-state index is 0.596. The Labute approximate surface area is 128 Å². The van der Waals surface area contributed by atoms with E-state index < -0.39 is 0 Å². The van der Waals surface area contributed by atoms with Gasteiger partial charge in [-0.3, -0.25) is 0 Å². The first-order valence-corrected chi connectivity index (χ1v) is 8.00. The van der Waals surface area contributed by atoms with E-state index in [0.29, 0.717) is 6.04 Å². The highest BCUT2D eigenvalue weighted by atomic mass is 15.2. The van der Waals surface area contributed by atoms with Crippen molar-refractivity contribution >= 4 is 11.6 Å². The van der Waals surface area contributed by atoms with Gasteiger partial charge in [-0.25, -0.2) is 4.99 Å². The molecule has 0 aromatic heterocycles. The Morgan fingerprint density at radius 3 is 2.43 bits per heavy atom. The number of hydrogen-bond donors (Lipinski definition) is 2. The third-order valence-electron chi connectivity index (χ3n) is 3.91. The molecule has 0 aliphatic heterocycles. The van der Waals surface area contributed by atoms with Crippen LogP contribution in [0.3, 0.4) is 0 Å². The number of nitrogens with one attached hydrogen (secondary N) is 2. The van der Waals surface area contributed by atoms with Gasteiger partial charge >= 0.3 is 0 Å². The highest BCUT2D eigenvalue weighted by Crippen LogP contribution is 2.17. The first-order valence-electron chi connectivity index (χ1n) is 8.00. The van der Waals surface area contributed by atoms with Gasteiger partial charge in [0.2, 0.25) is 0 Å². The van der Waals surface area contributed by atoms with Crippen molar-refractivity contribution in [1.29, 1.82) is 0 Å². The number of hydrogen-bond acceptors (Lipinski definition) is 2. The number of nitrogens with zero attached hydrogens (tertiary/aromatic N) is 2. The molecule has 0 heterocycles. The summed E-state index contributed by atoms with van der Waals surface area (Å²) in [6, 6.07) is 9.18. The maximum atomic E-state index is 4.70. The molecule has 4 heteroatoms. The lowest BCUT2D eigenvalue weighted by Gasteiger charge is -2.16. The summed E-state index contributed by atoms with van der Waals surface area (Å²) in [5, 5.41) is 6.89. The van der Waals surface area contributed by atoms with Gasteiger partial charge in [0.1, 0.15) is 0 Å². The van der Waals surface area contributed by atoms with Crippen LogP contribution in [0.15, 0.2) is 29.3 Å². The molecule has 1 saturated carbocycles. The Hall–Kier alpha value is -1.71. The van der Waals surface area contributed by atoms with Crippen LogP contribution >= 0.6 is 0 Å². The molecule has 0 bridgehead atoms. The molecule has 0 atom stereocenters. The summed E-state index contributed by atoms with van der Waals surface area (Å²) in [7, 11) is 4.11. The topological polar surface area (TPSA) is 39.7 Å². The summed E-state index contributed by atoms with van der Waals surface area (Å²) in [5.74, 6) is 0.945. The van der Waals surface area contributed by atoms with Crippen molar-refractivity contribution in [3.8, 4) is 0 Å². The first-order chi connectivity index (χ1) is 10.2. The van der Waals surface area contributed by atoms with E-state index in [1.54, 1.807) is 0 Å². The maximum absolute atomic E-state index is 4.70. The average Bonchev–Trinajstić information content (AvgIpc) is 2.98. The highest BCUT2D eigenvalue weighted by Gasteiger charge is 2.15. The molecular formula is C17H28N4. The summed E-state index contributed by atoms with van der Waals surface area (Å²) in [5.41, 5.74) is 2.46. The summed E-state index contributed by atoms with van der Waals surface area (Å²) < 4.78 is 0. The zero-order valence-corrected chi connectivity index (χ0v) is 13.5. The van der Waals surface area contributed by atoms with Crippen LogP contribution in [-0.4, -0.2) is 32.6 Å². The Bertz CT molecular complexity index is 444. The SMILES string of the molecule is CCNC(=NCc1ccc(N(C)C)cc1)NC1CCCC1. The van der Waals surface area contributed by atoms with E-state index >= 15 is 0 Å². The summed E-state index contributed by atoms with van der Waals surface area (Å²) in [4.78, 5) is 6.81. The monoisotopic (exact) mass is 288 g/mol. The summed E-state index contributed by atoms with van der Waals surface area (Å²) in [6.45, 7) is 3.73. The van der Waals surface area contributed by atoms with E-state index in [4.69, 9.17) is 4.99 Å². The second kappa shape index (κ2) is 7.91. The smallest absolute Gasteiger partial charge is 0.191 e. The third kappa shape index (κ3) is 4.96. The number of aliphatic imine (C=N–C) groups is 1. The number of anilines is 1. The van der Waals surface area contributed by atoms with E-state index in [2.05, 4.69) is 60.8 Å². The van der Waals surface area contributed by atoms with Crippen LogP contribution in [-0.2, 0) is 6.54 Å². The average molecular weight is 288 g/mol. The minimum absolute atomic E-state index is 0.596.